The van der Waals surface area contributed by atoms with Crippen molar-refractivity contribution in [3.63, 3.8) is 0 Å². The van der Waals surface area contributed by atoms with Gasteiger partial charge in [0.2, 0.25) is 18.2 Å². The quantitative estimate of drug-likeness (QED) is 0.358. The summed E-state index contributed by atoms with van der Waals surface area (Å²) in [5.41, 5.74) is 11.5. The Balaban J connectivity index is 2.53. The lowest BCUT2D eigenvalue weighted by atomic mass is 10.1. The minimum Gasteiger partial charge on any atom is -0.368 e. The maximum atomic E-state index is 12.1. The summed E-state index contributed by atoms with van der Waals surface area (Å²) in [7, 11) is 0. The molecule has 0 aromatic heterocycles. The first-order chi connectivity index (χ1) is 12.4. The number of rotatable bonds is 12. The van der Waals surface area contributed by atoms with Crippen molar-refractivity contribution in [3.05, 3.63) is 33.8 Å². The molecule has 1 aromatic rings. The number of unbranched alkanes of at least 4 members (excludes halogenated alkanes) is 1. The van der Waals surface area contributed by atoms with Crippen LogP contribution in [0, 0.1) is 0 Å². The molecule has 1 rings (SSSR count). The van der Waals surface area contributed by atoms with Gasteiger partial charge in [-0.05, 0) is 49.9 Å². The molecule has 0 fully saturated rings. The first-order valence-corrected chi connectivity index (χ1v) is 9.05. The van der Waals surface area contributed by atoms with Gasteiger partial charge in [0.1, 0.15) is 6.04 Å². The molecule has 0 heterocycles. The molecule has 0 aliphatic rings. The van der Waals surface area contributed by atoms with Crippen molar-refractivity contribution in [2.45, 2.75) is 31.7 Å². The smallest absolute Gasteiger partial charge is 0.240 e. The molecule has 9 heteroatoms. The van der Waals surface area contributed by atoms with Gasteiger partial charge in [0, 0.05) is 16.6 Å². The third kappa shape index (κ3) is 8.03. The third-order valence-corrected chi connectivity index (χ3v) is 4.39. The highest BCUT2D eigenvalue weighted by atomic mass is 35.5. The number of nitrogens with zero attached hydrogens (tertiary/aromatic N) is 1. The fourth-order valence-corrected chi connectivity index (χ4v) is 2.86. The molecular weight excluding hydrogens is 379 g/mol. The van der Waals surface area contributed by atoms with Crippen LogP contribution in [0.2, 0.25) is 10.0 Å². The van der Waals surface area contributed by atoms with E-state index in [-0.39, 0.29) is 6.54 Å². The molecule has 0 saturated carbocycles. The van der Waals surface area contributed by atoms with Gasteiger partial charge in [-0.15, -0.1) is 0 Å². The van der Waals surface area contributed by atoms with Gasteiger partial charge in [0.15, 0.2) is 0 Å². The van der Waals surface area contributed by atoms with E-state index in [1.807, 2.05) is 0 Å². The fourth-order valence-electron chi connectivity index (χ4n) is 2.36. The van der Waals surface area contributed by atoms with Crippen LogP contribution in [0.15, 0.2) is 18.2 Å². The van der Waals surface area contributed by atoms with Gasteiger partial charge in [0.25, 0.3) is 0 Å². The summed E-state index contributed by atoms with van der Waals surface area (Å²) >= 11 is 11.9. The van der Waals surface area contributed by atoms with E-state index in [9.17, 15) is 14.4 Å². The van der Waals surface area contributed by atoms with E-state index in [1.165, 1.54) is 4.90 Å². The fraction of sp³-hybridized carbons (Fsp3) is 0.471. The minimum absolute atomic E-state index is 0.171. The molecule has 1 aromatic carbocycles. The highest BCUT2D eigenvalue weighted by Gasteiger charge is 2.19. The number of carbonyl (C=O) groups is 3. The zero-order chi connectivity index (χ0) is 19.5. The largest absolute Gasteiger partial charge is 0.368 e. The topological polar surface area (TPSA) is 119 Å². The van der Waals surface area contributed by atoms with Gasteiger partial charge in [-0.3, -0.25) is 14.4 Å². The van der Waals surface area contributed by atoms with Crippen molar-refractivity contribution >= 4 is 41.4 Å². The molecule has 144 valence electrons. The maximum Gasteiger partial charge on any atom is 0.240 e. The van der Waals surface area contributed by atoms with Crippen LogP contribution >= 0.6 is 23.2 Å². The van der Waals surface area contributed by atoms with Crippen molar-refractivity contribution in [1.29, 1.82) is 0 Å². The van der Waals surface area contributed by atoms with E-state index >= 15 is 0 Å². The number of nitrogens with one attached hydrogen (secondary N) is 1. The van der Waals surface area contributed by atoms with Crippen molar-refractivity contribution in [3.8, 4) is 0 Å². The average molecular weight is 403 g/mol. The molecule has 0 radical (unpaired) electrons. The molecule has 0 aliphatic carbocycles. The second kappa shape index (κ2) is 11.7. The van der Waals surface area contributed by atoms with Gasteiger partial charge in [0.05, 0.1) is 6.54 Å². The Bertz CT molecular complexity index is 628. The summed E-state index contributed by atoms with van der Waals surface area (Å²) < 4.78 is 0. The lowest BCUT2D eigenvalue weighted by molar-refractivity contribution is -0.130. The first-order valence-electron chi connectivity index (χ1n) is 8.29. The second-order valence-corrected chi connectivity index (χ2v) is 6.71. The van der Waals surface area contributed by atoms with Gasteiger partial charge < -0.3 is 21.7 Å². The number of hydrogen-bond acceptors (Lipinski definition) is 4. The molecule has 5 N–H and O–H groups in total. The van der Waals surface area contributed by atoms with Crippen LogP contribution < -0.4 is 16.8 Å². The van der Waals surface area contributed by atoms with E-state index in [2.05, 4.69) is 5.32 Å². The Morgan fingerprint density at radius 1 is 1.27 bits per heavy atom. The van der Waals surface area contributed by atoms with Gasteiger partial charge in [-0.1, -0.05) is 29.3 Å². The standard InChI is InChI=1S/C17H24Cl2N4O3/c18-13-5-4-12(14(19)9-13)6-8-23(11-24)10-16(25)22-15(17(21)26)3-1-2-7-20/h4-5,9,11,15H,1-3,6-8,10,20H2,(H2,21,26)(H,22,25). The van der Waals surface area contributed by atoms with Crippen LogP contribution in [0.1, 0.15) is 24.8 Å². The molecule has 1 unspecified atom stereocenters. The normalized spacial score (nSPS) is 11.7. The Hall–Kier alpha value is -1.83. The monoisotopic (exact) mass is 402 g/mol. The SMILES string of the molecule is NCCCCC(NC(=O)CN(C=O)CCc1ccc(Cl)cc1Cl)C(N)=O. The number of benzene rings is 1. The average Bonchev–Trinajstić information content (AvgIpc) is 2.58. The number of primary amides is 1. The third-order valence-electron chi connectivity index (χ3n) is 3.80. The number of nitrogens with two attached hydrogens (primary N) is 2. The summed E-state index contributed by atoms with van der Waals surface area (Å²) in [4.78, 5) is 36.0. The van der Waals surface area contributed by atoms with Crippen LogP contribution in [0.25, 0.3) is 0 Å². The summed E-state index contributed by atoms with van der Waals surface area (Å²) in [5, 5.41) is 3.59. The minimum atomic E-state index is -0.770. The van der Waals surface area contributed by atoms with E-state index in [1.54, 1.807) is 18.2 Å². The van der Waals surface area contributed by atoms with Crippen LogP contribution in [-0.2, 0) is 20.8 Å². The van der Waals surface area contributed by atoms with E-state index in [0.29, 0.717) is 48.8 Å². The number of amides is 3. The van der Waals surface area contributed by atoms with E-state index in [0.717, 1.165) is 12.0 Å². The van der Waals surface area contributed by atoms with Gasteiger partial charge >= 0.3 is 0 Å². The van der Waals surface area contributed by atoms with E-state index in [4.69, 9.17) is 34.7 Å². The lowest BCUT2D eigenvalue weighted by Crippen LogP contribution is -2.48. The molecule has 0 aliphatic heterocycles. The van der Waals surface area contributed by atoms with Crippen LogP contribution in [0.5, 0.6) is 0 Å². The Morgan fingerprint density at radius 3 is 2.58 bits per heavy atom. The number of carbonyl (C=O) groups excluding carboxylic acids is 3. The van der Waals surface area contributed by atoms with Gasteiger partial charge in [-0.25, -0.2) is 0 Å². The Morgan fingerprint density at radius 2 is 2.00 bits per heavy atom. The summed E-state index contributed by atoms with van der Waals surface area (Å²) in [5.74, 6) is -1.06. The molecule has 7 nitrogen and oxygen atoms in total. The first kappa shape index (κ1) is 22.2. The molecule has 0 spiro atoms. The molecule has 0 bridgehead atoms. The summed E-state index contributed by atoms with van der Waals surface area (Å²) in [6.45, 7) is 0.633. The maximum absolute atomic E-state index is 12.1. The number of hydrogen-bond donors (Lipinski definition) is 3. The molecule has 26 heavy (non-hydrogen) atoms. The summed E-state index contributed by atoms with van der Waals surface area (Å²) in [6, 6.07) is 4.33. The summed E-state index contributed by atoms with van der Waals surface area (Å²) in [6.07, 6.45) is 2.88. The van der Waals surface area contributed by atoms with Gasteiger partial charge in [-0.2, -0.15) is 0 Å². The Kier molecular flexibility index (Phi) is 10.0. The van der Waals surface area contributed by atoms with Crippen molar-refractivity contribution in [1.82, 2.24) is 10.2 Å². The van der Waals surface area contributed by atoms with Crippen molar-refractivity contribution < 1.29 is 14.4 Å². The predicted molar refractivity (Wildman–Crippen MR) is 102 cm³/mol. The van der Waals surface area contributed by atoms with Crippen LogP contribution in [0.4, 0.5) is 0 Å². The zero-order valence-corrected chi connectivity index (χ0v) is 15.9. The predicted octanol–water partition coefficient (Wildman–Crippen LogP) is 1.09. The second-order valence-electron chi connectivity index (χ2n) is 5.87. The number of halogens is 2. The lowest BCUT2D eigenvalue weighted by Gasteiger charge is -2.20. The van der Waals surface area contributed by atoms with Crippen molar-refractivity contribution in [2.24, 2.45) is 11.5 Å². The molecular formula is C17H24Cl2N4O3. The molecule has 3 amide bonds. The van der Waals surface area contributed by atoms with Crippen LogP contribution in [0.3, 0.4) is 0 Å². The zero-order valence-electron chi connectivity index (χ0n) is 14.4. The van der Waals surface area contributed by atoms with Crippen LogP contribution in [-0.4, -0.2) is 48.8 Å². The van der Waals surface area contributed by atoms with Crippen molar-refractivity contribution in [2.75, 3.05) is 19.6 Å². The highest BCUT2D eigenvalue weighted by molar-refractivity contribution is 6.35. The Labute approximate surface area is 163 Å². The highest BCUT2D eigenvalue weighted by Crippen LogP contribution is 2.21. The molecule has 1 atom stereocenters. The molecule has 0 saturated heterocycles. The van der Waals surface area contributed by atoms with E-state index < -0.39 is 17.9 Å².